The minimum atomic E-state index is -4.86. The van der Waals surface area contributed by atoms with Gasteiger partial charge in [0.1, 0.15) is 5.60 Å². The highest BCUT2D eigenvalue weighted by Crippen LogP contribution is 2.37. The zero-order valence-electron chi connectivity index (χ0n) is 31.3. The summed E-state index contributed by atoms with van der Waals surface area (Å²) in [4.78, 5) is 69.5. The number of carbonyl (C=O) groups is 4. The van der Waals surface area contributed by atoms with Crippen LogP contribution in [0.4, 0.5) is 23.7 Å². The molecule has 0 spiro atoms. The van der Waals surface area contributed by atoms with Crippen molar-refractivity contribution in [1.82, 2.24) is 44.0 Å². The number of hydrogen-bond donors (Lipinski definition) is 1. The second-order valence-corrected chi connectivity index (χ2v) is 14.7. The first-order valence-electron chi connectivity index (χ1n) is 17.7. The molecule has 20 heteroatoms. The maximum Gasteiger partial charge on any atom is 0.435 e. The van der Waals surface area contributed by atoms with Gasteiger partial charge in [0.25, 0.3) is 17.8 Å². The third-order valence-corrected chi connectivity index (χ3v) is 9.63. The maximum atomic E-state index is 14.1. The molecule has 0 bridgehead atoms. The number of methoxy groups -OCH3 is 1. The molecule has 1 N–H and O–H groups in total. The predicted molar refractivity (Wildman–Crippen MR) is 195 cm³/mol. The van der Waals surface area contributed by atoms with Crippen molar-refractivity contribution < 1.29 is 41.8 Å². The number of carbonyl (C=O) groups excluding carboxylic acids is 4. The molecule has 298 valence electrons. The minimum Gasteiger partial charge on any atom is -0.481 e. The number of piperidine rings is 1. The number of amides is 4. The van der Waals surface area contributed by atoms with E-state index in [1.165, 1.54) is 49.2 Å². The molecule has 2 saturated heterocycles. The van der Waals surface area contributed by atoms with E-state index in [9.17, 15) is 32.3 Å². The molecule has 0 atom stereocenters. The zero-order valence-corrected chi connectivity index (χ0v) is 32.0. The molecular formula is C36H40ClF3N10O6. The van der Waals surface area contributed by atoms with Crippen LogP contribution in [0.5, 0.6) is 5.88 Å². The molecule has 0 saturated carbocycles. The highest BCUT2D eigenvalue weighted by Gasteiger charge is 2.39. The highest BCUT2D eigenvalue weighted by molar-refractivity contribution is 6.34. The molecule has 16 nitrogen and oxygen atoms in total. The number of imidazole rings is 1. The maximum absolute atomic E-state index is 14.1. The summed E-state index contributed by atoms with van der Waals surface area (Å²) in [5.41, 5.74) is -1.85. The number of halogens is 4. The van der Waals surface area contributed by atoms with E-state index < -0.39 is 23.4 Å². The first kappa shape index (κ1) is 40.0. The first-order chi connectivity index (χ1) is 26.4. The highest BCUT2D eigenvalue weighted by atomic mass is 35.5. The average Bonchev–Trinajstić information content (AvgIpc) is 3.78. The Kier molecular flexibility index (Phi) is 11.3. The predicted octanol–water partition coefficient (Wildman–Crippen LogP) is 4.93. The summed E-state index contributed by atoms with van der Waals surface area (Å²) >= 11 is 6.52. The molecule has 4 amide bonds. The quantitative estimate of drug-likeness (QED) is 0.271. The number of likely N-dealkylation sites (tertiary alicyclic amines) is 1. The Morgan fingerprint density at radius 3 is 2.23 bits per heavy atom. The van der Waals surface area contributed by atoms with E-state index in [4.69, 9.17) is 21.1 Å². The molecule has 0 aliphatic carbocycles. The van der Waals surface area contributed by atoms with Crippen LogP contribution in [-0.4, -0.2) is 120 Å². The lowest BCUT2D eigenvalue weighted by atomic mass is 9.95. The molecule has 2 aliphatic rings. The Morgan fingerprint density at radius 2 is 1.61 bits per heavy atom. The van der Waals surface area contributed by atoms with E-state index in [1.807, 2.05) is 0 Å². The number of nitrogens with one attached hydrogen (secondary N) is 1. The topological polar surface area (TPSA) is 170 Å². The fourth-order valence-corrected chi connectivity index (χ4v) is 6.71. The van der Waals surface area contributed by atoms with E-state index in [-0.39, 0.29) is 69.0 Å². The van der Waals surface area contributed by atoms with Crippen LogP contribution in [-0.2, 0) is 22.8 Å². The van der Waals surface area contributed by atoms with E-state index in [0.717, 1.165) is 17.1 Å². The van der Waals surface area contributed by atoms with E-state index in [2.05, 4.69) is 25.4 Å². The summed E-state index contributed by atoms with van der Waals surface area (Å²) in [5, 5.41) is 6.36. The summed E-state index contributed by atoms with van der Waals surface area (Å²) < 4.78 is 54.9. The van der Waals surface area contributed by atoms with Crippen molar-refractivity contribution in [1.29, 1.82) is 0 Å². The second-order valence-electron chi connectivity index (χ2n) is 14.3. The van der Waals surface area contributed by atoms with Gasteiger partial charge in [0, 0.05) is 76.4 Å². The van der Waals surface area contributed by atoms with Gasteiger partial charge in [-0.2, -0.15) is 23.3 Å². The van der Waals surface area contributed by atoms with E-state index in [0.29, 0.717) is 52.1 Å². The van der Waals surface area contributed by atoms with Crippen molar-refractivity contribution in [2.75, 3.05) is 51.7 Å². The summed E-state index contributed by atoms with van der Waals surface area (Å²) in [5.74, 6) is -1.57. The van der Waals surface area contributed by atoms with Gasteiger partial charge in [-0.15, -0.1) is 0 Å². The molecule has 0 radical (unpaired) electrons. The molecule has 56 heavy (non-hydrogen) atoms. The van der Waals surface area contributed by atoms with Crippen LogP contribution in [0.1, 0.15) is 60.3 Å². The summed E-state index contributed by atoms with van der Waals surface area (Å²) in [6.45, 7) is 7.54. The molecule has 6 rings (SSSR count). The van der Waals surface area contributed by atoms with Crippen LogP contribution in [0.3, 0.4) is 0 Å². The van der Waals surface area contributed by atoms with Crippen LogP contribution < -0.4 is 10.1 Å². The van der Waals surface area contributed by atoms with Crippen LogP contribution in [0.15, 0.2) is 42.9 Å². The third kappa shape index (κ3) is 8.72. The SMILES string of the molecule is COc1ccnc(-n2cc(-c3cnc(C(=O)Nc4ccc(C(=O)N5CCN(C(=O)C6CCN(C(=O)OC(C)(C)C)CC6)CC5)c(Cl)c4)n3C)c(C(F)(F)F)n2)n1. The van der Waals surface area contributed by atoms with Crippen LogP contribution in [0.2, 0.25) is 5.02 Å². The van der Waals surface area contributed by atoms with Crippen molar-refractivity contribution >= 4 is 41.1 Å². The fourth-order valence-electron chi connectivity index (χ4n) is 6.45. The van der Waals surface area contributed by atoms with Gasteiger partial charge in [0.2, 0.25) is 11.8 Å². The van der Waals surface area contributed by atoms with Crippen LogP contribution in [0.25, 0.3) is 17.2 Å². The largest absolute Gasteiger partial charge is 0.481 e. The smallest absolute Gasteiger partial charge is 0.435 e. The number of rotatable bonds is 7. The van der Waals surface area contributed by atoms with Crippen LogP contribution in [0, 0.1) is 5.92 Å². The molecular weight excluding hydrogens is 761 g/mol. The van der Waals surface area contributed by atoms with Crippen molar-refractivity contribution in [2.45, 2.75) is 45.4 Å². The third-order valence-electron chi connectivity index (χ3n) is 9.31. The molecule has 2 aliphatic heterocycles. The van der Waals surface area contributed by atoms with Crippen LogP contribution >= 0.6 is 11.6 Å². The Hall–Kier alpha value is -5.72. The molecule has 2 fully saturated rings. The van der Waals surface area contributed by atoms with Gasteiger partial charge >= 0.3 is 12.3 Å². The first-order valence-corrected chi connectivity index (χ1v) is 18.0. The van der Waals surface area contributed by atoms with Gasteiger partial charge in [-0.1, -0.05) is 11.6 Å². The Balaban J connectivity index is 1.06. The normalized spacial score (nSPS) is 15.5. The number of ether oxygens (including phenoxy) is 2. The second kappa shape index (κ2) is 15.8. The van der Waals surface area contributed by atoms with Gasteiger partial charge in [-0.05, 0) is 51.8 Å². The van der Waals surface area contributed by atoms with Gasteiger partial charge in [0.15, 0.2) is 11.5 Å². The number of hydrogen-bond acceptors (Lipinski definition) is 10. The van der Waals surface area contributed by atoms with Crippen molar-refractivity contribution in [3.8, 4) is 23.1 Å². The summed E-state index contributed by atoms with van der Waals surface area (Å²) in [7, 11) is 2.73. The number of piperazine rings is 1. The lowest BCUT2D eigenvalue weighted by Crippen LogP contribution is -2.53. The number of aromatic nitrogens is 6. The Labute approximate surface area is 324 Å². The number of alkyl halides is 3. The lowest BCUT2D eigenvalue weighted by Gasteiger charge is -2.38. The number of nitrogens with zero attached hydrogens (tertiary/aromatic N) is 9. The number of anilines is 1. The average molecular weight is 801 g/mol. The van der Waals surface area contributed by atoms with Crippen molar-refractivity contribution in [2.24, 2.45) is 13.0 Å². The van der Waals surface area contributed by atoms with E-state index >= 15 is 0 Å². The van der Waals surface area contributed by atoms with Crippen molar-refractivity contribution in [3.63, 3.8) is 0 Å². The van der Waals surface area contributed by atoms with Gasteiger partial charge in [-0.3, -0.25) is 14.4 Å². The van der Waals surface area contributed by atoms with Gasteiger partial charge < -0.3 is 34.1 Å². The minimum absolute atomic E-state index is 0.00223. The Bertz CT molecular complexity index is 2130. The molecule has 3 aromatic heterocycles. The zero-order chi connectivity index (χ0) is 40.5. The Morgan fingerprint density at radius 1 is 0.929 bits per heavy atom. The van der Waals surface area contributed by atoms with Gasteiger partial charge in [0.05, 0.1) is 35.2 Å². The summed E-state index contributed by atoms with van der Waals surface area (Å²) in [6, 6.07) is 5.76. The van der Waals surface area contributed by atoms with Crippen molar-refractivity contribution in [3.05, 3.63) is 65.0 Å². The standard InChI is InChI=1S/C36H40ClF3N10O6/c1-35(2,3)56-34(54)49-12-9-21(10-13-49)31(52)47-14-16-48(17-15-47)32(53)23-7-6-22(18-25(23)37)43-30(51)29-42-19-26(46(29)4)24-20-50(45-28(24)36(38,39)40)33-41-11-8-27(44-33)55-5/h6-8,11,18-21H,9-10,12-17H2,1-5H3,(H,43,51). The molecule has 5 heterocycles. The van der Waals surface area contributed by atoms with E-state index in [1.54, 1.807) is 35.5 Å². The molecule has 4 aromatic rings. The monoisotopic (exact) mass is 800 g/mol. The number of benzene rings is 1. The molecule has 1 aromatic carbocycles. The lowest BCUT2D eigenvalue weighted by molar-refractivity contribution is -0.141. The van der Waals surface area contributed by atoms with Gasteiger partial charge in [-0.25, -0.2) is 19.4 Å². The summed E-state index contributed by atoms with van der Waals surface area (Å²) in [6.07, 6.45) is -0.674. The fraction of sp³-hybridized carbons (Fsp3) is 0.444. The molecule has 0 unspecified atom stereocenters.